The van der Waals surface area contributed by atoms with Gasteiger partial charge in [0.15, 0.2) is 0 Å². The molecule has 1 N–H and O–H groups in total. The fourth-order valence-electron chi connectivity index (χ4n) is 3.11. The molecular formula is C22H17FN2O. The molecule has 0 amide bonds. The lowest BCUT2D eigenvalue weighted by Crippen LogP contribution is -1.98. The average Bonchev–Trinajstić information content (AvgIpc) is 3.11. The van der Waals surface area contributed by atoms with E-state index in [1.165, 1.54) is 12.1 Å². The van der Waals surface area contributed by atoms with Crippen LogP contribution >= 0.6 is 0 Å². The van der Waals surface area contributed by atoms with Gasteiger partial charge in [0.25, 0.3) is 0 Å². The van der Waals surface area contributed by atoms with Gasteiger partial charge in [-0.15, -0.1) is 0 Å². The number of aromatic nitrogens is 2. The van der Waals surface area contributed by atoms with E-state index in [1.807, 2.05) is 59.9 Å². The Kier molecular flexibility index (Phi) is 4.01. The summed E-state index contributed by atoms with van der Waals surface area (Å²) in [5, 5.41) is 10.4. The van der Waals surface area contributed by atoms with Crippen LogP contribution < -0.4 is 0 Å². The van der Waals surface area contributed by atoms with Crippen LogP contribution in [0.4, 0.5) is 4.39 Å². The van der Waals surface area contributed by atoms with Gasteiger partial charge in [0.05, 0.1) is 16.9 Å². The van der Waals surface area contributed by atoms with Gasteiger partial charge in [-0.05, 0) is 31.2 Å². The topological polar surface area (TPSA) is 37.5 Å². The van der Waals surface area contributed by atoms with E-state index in [2.05, 4.69) is 4.98 Å². The van der Waals surface area contributed by atoms with Crippen LogP contribution in [-0.4, -0.2) is 14.5 Å². The fourth-order valence-corrected chi connectivity index (χ4v) is 3.11. The van der Waals surface area contributed by atoms with E-state index in [0.29, 0.717) is 5.69 Å². The number of halogens is 1. The highest BCUT2D eigenvalue weighted by atomic mass is 19.1. The highest BCUT2D eigenvalue weighted by Crippen LogP contribution is 2.27. The summed E-state index contributed by atoms with van der Waals surface area (Å²) in [6.07, 6.45) is 3.40. The zero-order chi connectivity index (χ0) is 18.1. The highest BCUT2D eigenvalue weighted by Gasteiger charge is 2.11. The van der Waals surface area contributed by atoms with Crippen LogP contribution in [-0.2, 0) is 0 Å². The van der Waals surface area contributed by atoms with Crippen molar-refractivity contribution in [3.05, 3.63) is 95.7 Å². The molecule has 0 spiro atoms. The molecule has 0 fully saturated rings. The summed E-state index contributed by atoms with van der Waals surface area (Å²) in [6.45, 7) is 1.95. The molecule has 0 bridgehead atoms. The first-order chi connectivity index (χ1) is 12.6. The first-order valence-corrected chi connectivity index (χ1v) is 8.32. The maximum Gasteiger partial charge on any atom is 0.125 e. The molecule has 2 heterocycles. The van der Waals surface area contributed by atoms with E-state index in [1.54, 1.807) is 18.3 Å². The average molecular weight is 344 g/mol. The normalized spacial score (nSPS) is 11.8. The molecule has 0 radical (unpaired) electrons. The predicted octanol–water partition coefficient (Wildman–Crippen LogP) is 5.50. The molecule has 0 saturated carbocycles. The second kappa shape index (κ2) is 6.48. The lowest BCUT2D eigenvalue weighted by Gasteiger charge is -2.09. The summed E-state index contributed by atoms with van der Waals surface area (Å²) in [5.41, 5.74) is 4.84. The van der Waals surface area contributed by atoms with Crippen LogP contribution in [0.2, 0.25) is 0 Å². The van der Waals surface area contributed by atoms with Crippen molar-refractivity contribution in [1.82, 2.24) is 9.38 Å². The van der Waals surface area contributed by atoms with E-state index in [4.69, 9.17) is 0 Å². The molecule has 0 aliphatic carbocycles. The molecule has 4 aromatic rings. The Labute approximate surface area is 150 Å². The van der Waals surface area contributed by atoms with Crippen LogP contribution in [0.25, 0.3) is 28.6 Å². The summed E-state index contributed by atoms with van der Waals surface area (Å²) >= 11 is 0. The van der Waals surface area contributed by atoms with Gasteiger partial charge in [0.1, 0.15) is 11.6 Å². The third kappa shape index (κ3) is 2.86. The standard InChI is InChI=1S/C22H17FN2O/c1-15-14-24-19(13-22(26)16-6-3-2-4-7-16)21-11-10-20(25(15)21)17-8-5-9-18(23)12-17/h2-14,26H,1H3/b22-13-. The lowest BCUT2D eigenvalue weighted by atomic mass is 10.1. The van der Waals surface area contributed by atoms with Crippen molar-refractivity contribution in [3.63, 3.8) is 0 Å². The molecule has 0 atom stereocenters. The number of nitrogens with zero attached hydrogens (tertiary/aromatic N) is 2. The first-order valence-electron chi connectivity index (χ1n) is 8.32. The van der Waals surface area contributed by atoms with E-state index in [0.717, 1.165) is 28.0 Å². The lowest BCUT2D eigenvalue weighted by molar-refractivity contribution is 0.515. The summed E-state index contributed by atoms with van der Waals surface area (Å²) in [5.74, 6) is -0.122. The van der Waals surface area contributed by atoms with Gasteiger partial charge in [0.2, 0.25) is 0 Å². The monoisotopic (exact) mass is 344 g/mol. The first kappa shape index (κ1) is 16.1. The number of rotatable bonds is 3. The van der Waals surface area contributed by atoms with Crippen LogP contribution in [0.1, 0.15) is 17.0 Å². The van der Waals surface area contributed by atoms with Crippen molar-refractivity contribution >= 4 is 17.4 Å². The third-order valence-corrected chi connectivity index (χ3v) is 4.35. The Balaban J connectivity index is 1.88. The van der Waals surface area contributed by atoms with Crippen LogP contribution in [0.15, 0.2) is 72.9 Å². The molecule has 4 heteroatoms. The number of aryl methyl sites for hydroxylation is 1. The maximum atomic E-state index is 13.6. The molecule has 2 aromatic heterocycles. The fraction of sp³-hybridized carbons (Fsp3) is 0.0455. The smallest absolute Gasteiger partial charge is 0.125 e. The van der Waals surface area contributed by atoms with Crippen molar-refractivity contribution < 1.29 is 9.50 Å². The van der Waals surface area contributed by atoms with Crippen molar-refractivity contribution in [1.29, 1.82) is 0 Å². The zero-order valence-corrected chi connectivity index (χ0v) is 14.2. The number of hydrogen-bond donors (Lipinski definition) is 1. The summed E-state index contributed by atoms with van der Waals surface area (Å²) in [4.78, 5) is 4.47. The van der Waals surface area contributed by atoms with Gasteiger partial charge in [-0.2, -0.15) is 0 Å². The Morgan fingerprint density at radius 3 is 2.62 bits per heavy atom. The summed E-state index contributed by atoms with van der Waals surface area (Å²) < 4.78 is 15.7. The molecule has 128 valence electrons. The molecule has 3 nitrogen and oxygen atoms in total. The van der Waals surface area contributed by atoms with Crippen LogP contribution in [0.5, 0.6) is 0 Å². The van der Waals surface area contributed by atoms with Crippen molar-refractivity contribution in [2.24, 2.45) is 0 Å². The number of fused-ring (bicyclic) bond motifs is 1. The molecule has 0 aliphatic heterocycles. The number of benzene rings is 2. The molecular weight excluding hydrogens is 327 g/mol. The van der Waals surface area contributed by atoms with Crippen molar-refractivity contribution in [2.75, 3.05) is 0 Å². The van der Waals surface area contributed by atoms with Gasteiger partial charge in [0, 0.05) is 29.1 Å². The zero-order valence-electron chi connectivity index (χ0n) is 14.2. The SMILES string of the molecule is Cc1cnc(/C=C(\O)c2ccccc2)c2ccc(-c3cccc(F)c3)n12. The van der Waals surface area contributed by atoms with Crippen molar-refractivity contribution in [3.8, 4) is 11.3 Å². The van der Waals surface area contributed by atoms with E-state index in [-0.39, 0.29) is 11.6 Å². The van der Waals surface area contributed by atoms with Crippen LogP contribution in [0.3, 0.4) is 0 Å². The maximum absolute atomic E-state index is 13.6. The van der Waals surface area contributed by atoms with Crippen LogP contribution in [0, 0.1) is 12.7 Å². The van der Waals surface area contributed by atoms with Gasteiger partial charge in [-0.3, -0.25) is 4.98 Å². The predicted molar refractivity (Wildman–Crippen MR) is 102 cm³/mol. The molecule has 2 aromatic carbocycles. The number of hydrogen-bond acceptors (Lipinski definition) is 2. The second-order valence-corrected chi connectivity index (χ2v) is 6.13. The minimum Gasteiger partial charge on any atom is -0.507 e. The molecule has 0 saturated heterocycles. The Morgan fingerprint density at radius 1 is 1.04 bits per heavy atom. The van der Waals surface area contributed by atoms with Gasteiger partial charge in [-0.25, -0.2) is 4.39 Å². The minimum atomic E-state index is -0.272. The Morgan fingerprint density at radius 2 is 1.85 bits per heavy atom. The molecule has 26 heavy (non-hydrogen) atoms. The Hall–Kier alpha value is -3.40. The minimum absolute atomic E-state index is 0.150. The third-order valence-electron chi connectivity index (χ3n) is 4.35. The summed E-state index contributed by atoms with van der Waals surface area (Å²) in [7, 11) is 0. The molecule has 0 unspecified atom stereocenters. The second-order valence-electron chi connectivity index (χ2n) is 6.13. The quantitative estimate of drug-likeness (QED) is 0.498. The highest BCUT2D eigenvalue weighted by molar-refractivity contribution is 5.82. The largest absolute Gasteiger partial charge is 0.507 e. The van der Waals surface area contributed by atoms with E-state index in [9.17, 15) is 9.50 Å². The van der Waals surface area contributed by atoms with Gasteiger partial charge < -0.3 is 9.51 Å². The molecule has 0 aliphatic rings. The van der Waals surface area contributed by atoms with E-state index < -0.39 is 0 Å². The summed E-state index contributed by atoms with van der Waals surface area (Å²) in [6, 6.07) is 19.7. The molecule has 4 rings (SSSR count). The number of aliphatic hydroxyl groups is 1. The van der Waals surface area contributed by atoms with Gasteiger partial charge >= 0.3 is 0 Å². The van der Waals surface area contributed by atoms with Crippen molar-refractivity contribution in [2.45, 2.75) is 6.92 Å². The van der Waals surface area contributed by atoms with E-state index >= 15 is 0 Å². The van der Waals surface area contributed by atoms with Gasteiger partial charge in [-0.1, -0.05) is 42.5 Å². The Bertz CT molecular complexity index is 1110. The number of aliphatic hydroxyl groups excluding tert-OH is 1.